The molecule has 1 aromatic carbocycles. The molecule has 1 aromatic rings. The molecule has 0 aliphatic carbocycles. The molecule has 1 unspecified atom stereocenters. The van der Waals surface area contributed by atoms with Crippen LogP contribution in [0.2, 0.25) is 0 Å². The van der Waals surface area contributed by atoms with Gasteiger partial charge in [0.05, 0.1) is 19.3 Å². The lowest BCUT2D eigenvalue weighted by atomic mass is 10.3. The SMILES string of the molecule is CCOC(CN)CCSc1ccc2c(c1)OCCCO2. The molecule has 0 saturated carbocycles. The third-order valence-corrected chi connectivity index (χ3v) is 4.12. The van der Waals surface area contributed by atoms with Crippen molar-refractivity contribution in [2.24, 2.45) is 5.73 Å². The minimum absolute atomic E-state index is 0.160. The van der Waals surface area contributed by atoms with E-state index in [4.69, 9.17) is 19.9 Å². The van der Waals surface area contributed by atoms with Crippen molar-refractivity contribution < 1.29 is 14.2 Å². The molecular formula is C15H23NO3S. The minimum atomic E-state index is 0.160. The van der Waals surface area contributed by atoms with Crippen molar-refractivity contribution in [3.05, 3.63) is 18.2 Å². The Balaban J connectivity index is 1.85. The van der Waals surface area contributed by atoms with Crippen LogP contribution in [-0.2, 0) is 4.74 Å². The molecule has 0 amide bonds. The normalized spacial score (nSPS) is 15.7. The molecule has 0 spiro atoms. The summed E-state index contributed by atoms with van der Waals surface area (Å²) in [4.78, 5) is 1.20. The van der Waals surface area contributed by atoms with Crippen LogP contribution < -0.4 is 15.2 Å². The first-order chi connectivity index (χ1) is 9.83. The van der Waals surface area contributed by atoms with Gasteiger partial charge in [0.15, 0.2) is 11.5 Å². The molecule has 0 fully saturated rings. The van der Waals surface area contributed by atoms with Crippen molar-refractivity contribution in [1.29, 1.82) is 0 Å². The Kier molecular flexibility index (Phi) is 6.50. The molecule has 1 heterocycles. The molecule has 1 aliphatic rings. The van der Waals surface area contributed by atoms with E-state index >= 15 is 0 Å². The van der Waals surface area contributed by atoms with Gasteiger partial charge in [0, 0.05) is 30.2 Å². The largest absolute Gasteiger partial charge is 0.490 e. The Labute approximate surface area is 125 Å². The van der Waals surface area contributed by atoms with E-state index in [2.05, 4.69) is 12.1 Å². The second-order valence-electron chi connectivity index (χ2n) is 4.61. The van der Waals surface area contributed by atoms with Gasteiger partial charge in [-0.1, -0.05) is 0 Å². The van der Waals surface area contributed by atoms with E-state index in [0.29, 0.717) is 6.54 Å². The highest BCUT2D eigenvalue weighted by Gasteiger charge is 2.11. The van der Waals surface area contributed by atoms with Crippen LogP contribution >= 0.6 is 11.8 Å². The van der Waals surface area contributed by atoms with Gasteiger partial charge in [-0.2, -0.15) is 0 Å². The molecule has 5 heteroatoms. The topological polar surface area (TPSA) is 53.7 Å². The van der Waals surface area contributed by atoms with Crippen LogP contribution in [-0.4, -0.2) is 38.2 Å². The van der Waals surface area contributed by atoms with Gasteiger partial charge in [0.1, 0.15) is 0 Å². The fraction of sp³-hybridized carbons (Fsp3) is 0.600. The number of ether oxygens (including phenoxy) is 3. The maximum absolute atomic E-state index is 5.69. The van der Waals surface area contributed by atoms with Gasteiger partial charge in [-0.25, -0.2) is 0 Å². The summed E-state index contributed by atoms with van der Waals surface area (Å²) in [5.41, 5.74) is 5.68. The summed E-state index contributed by atoms with van der Waals surface area (Å²) < 4.78 is 16.9. The number of hydrogen-bond acceptors (Lipinski definition) is 5. The van der Waals surface area contributed by atoms with Crippen molar-refractivity contribution >= 4 is 11.8 Å². The molecule has 2 N–H and O–H groups in total. The van der Waals surface area contributed by atoms with Gasteiger partial charge < -0.3 is 19.9 Å². The lowest BCUT2D eigenvalue weighted by molar-refractivity contribution is 0.0674. The molecule has 20 heavy (non-hydrogen) atoms. The maximum atomic E-state index is 5.69. The van der Waals surface area contributed by atoms with E-state index in [1.807, 2.05) is 13.0 Å². The van der Waals surface area contributed by atoms with Crippen molar-refractivity contribution in [3.8, 4) is 11.5 Å². The van der Waals surface area contributed by atoms with E-state index in [0.717, 1.165) is 49.9 Å². The summed E-state index contributed by atoms with van der Waals surface area (Å²) in [7, 11) is 0. The second-order valence-corrected chi connectivity index (χ2v) is 5.78. The fourth-order valence-electron chi connectivity index (χ4n) is 2.05. The number of thioether (sulfide) groups is 1. The molecule has 2 rings (SSSR count). The number of hydrogen-bond donors (Lipinski definition) is 1. The maximum Gasteiger partial charge on any atom is 0.162 e. The van der Waals surface area contributed by atoms with Crippen LogP contribution in [0.3, 0.4) is 0 Å². The lowest BCUT2D eigenvalue weighted by Gasteiger charge is -2.14. The smallest absolute Gasteiger partial charge is 0.162 e. The Morgan fingerprint density at radius 3 is 2.85 bits per heavy atom. The predicted molar refractivity (Wildman–Crippen MR) is 81.9 cm³/mol. The minimum Gasteiger partial charge on any atom is -0.490 e. The molecule has 0 saturated heterocycles. The lowest BCUT2D eigenvalue weighted by Crippen LogP contribution is -2.24. The first-order valence-electron chi connectivity index (χ1n) is 7.17. The first kappa shape index (κ1) is 15.5. The highest BCUT2D eigenvalue weighted by atomic mass is 32.2. The third kappa shape index (κ3) is 4.58. The van der Waals surface area contributed by atoms with Crippen LogP contribution in [0.1, 0.15) is 19.8 Å². The van der Waals surface area contributed by atoms with E-state index in [1.165, 1.54) is 4.90 Å². The zero-order chi connectivity index (χ0) is 14.2. The molecule has 0 radical (unpaired) electrons. The van der Waals surface area contributed by atoms with Crippen LogP contribution in [0.25, 0.3) is 0 Å². The van der Waals surface area contributed by atoms with Crippen LogP contribution in [0.4, 0.5) is 0 Å². The zero-order valence-electron chi connectivity index (χ0n) is 12.0. The highest BCUT2D eigenvalue weighted by molar-refractivity contribution is 7.99. The number of nitrogens with two attached hydrogens (primary N) is 1. The summed E-state index contributed by atoms with van der Waals surface area (Å²) >= 11 is 1.80. The van der Waals surface area contributed by atoms with E-state index in [1.54, 1.807) is 11.8 Å². The molecule has 0 bridgehead atoms. The number of rotatable bonds is 7. The van der Waals surface area contributed by atoms with Gasteiger partial charge in [0.25, 0.3) is 0 Å². The van der Waals surface area contributed by atoms with E-state index < -0.39 is 0 Å². The monoisotopic (exact) mass is 297 g/mol. The van der Waals surface area contributed by atoms with Crippen molar-refractivity contribution in [1.82, 2.24) is 0 Å². The summed E-state index contributed by atoms with van der Waals surface area (Å²) in [6.07, 6.45) is 2.06. The highest BCUT2D eigenvalue weighted by Crippen LogP contribution is 2.34. The van der Waals surface area contributed by atoms with Gasteiger partial charge in [-0.05, 0) is 31.5 Å². The van der Waals surface area contributed by atoms with Crippen LogP contribution in [0, 0.1) is 0 Å². The predicted octanol–water partition coefficient (Wildman–Crippen LogP) is 2.69. The molecule has 1 aliphatic heterocycles. The quantitative estimate of drug-likeness (QED) is 0.784. The second kappa shape index (κ2) is 8.39. The van der Waals surface area contributed by atoms with Crippen molar-refractivity contribution in [3.63, 3.8) is 0 Å². The average Bonchev–Trinajstić information content (AvgIpc) is 2.71. The number of fused-ring (bicyclic) bond motifs is 1. The molecule has 4 nitrogen and oxygen atoms in total. The summed E-state index contributed by atoms with van der Waals surface area (Å²) in [5, 5.41) is 0. The molecule has 112 valence electrons. The summed E-state index contributed by atoms with van der Waals surface area (Å²) in [6, 6.07) is 6.13. The zero-order valence-corrected chi connectivity index (χ0v) is 12.8. The fourth-order valence-corrected chi connectivity index (χ4v) is 3.02. The van der Waals surface area contributed by atoms with Crippen molar-refractivity contribution in [2.45, 2.75) is 30.8 Å². The Morgan fingerprint density at radius 1 is 1.30 bits per heavy atom. The average molecular weight is 297 g/mol. The third-order valence-electron chi connectivity index (χ3n) is 3.09. The Hall–Kier alpha value is -0.910. The Bertz CT molecular complexity index is 414. The molecule has 1 atom stereocenters. The van der Waals surface area contributed by atoms with Gasteiger partial charge >= 0.3 is 0 Å². The summed E-state index contributed by atoms with van der Waals surface area (Å²) in [6.45, 7) is 4.75. The van der Waals surface area contributed by atoms with Crippen molar-refractivity contribution in [2.75, 3.05) is 32.1 Å². The Morgan fingerprint density at radius 2 is 2.10 bits per heavy atom. The molecule has 0 aromatic heterocycles. The molecular weight excluding hydrogens is 274 g/mol. The van der Waals surface area contributed by atoms with E-state index in [-0.39, 0.29) is 6.10 Å². The first-order valence-corrected chi connectivity index (χ1v) is 8.16. The van der Waals surface area contributed by atoms with Gasteiger partial charge in [-0.3, -0.25) is 0 Å². The van der Waals surface area contributed by atoms with Crippen LogP contribution in [0.15, 0.2) is 23.1 Å². The van der Waals surface area contributed by atoms with E-state index in [9.17, 15) is 0 Å². The van der Waals surface area contributed by atoms with Gasteiger partial charge in [-0.15, -0.1) is 11.8 Å². The summed E-state index contributed by atoms with van der Waals surface area (Å²) in [5.74, 6) is 2.69. The standard InChI is InChI=1S/C15H23NO3S/c1-2-17-12(11-16)6-9-20-13-4-5-14-15(10-13)19-8-3-7-18-14/h4-5,10,12H,2-3,6-9,11,16H2,1H3. The number of benzene rings is 1. The van der Waals surface area contributed by atoms with Crippen LogP contribution in [0.5, 0.6) is 11.5 Å². The van der Waals surface area contributed by atoms with Gasteiger partial charge in [0.2, 0.25) is 0 Å².